The van der Waals surface area contributed by atoms with Gasteiger partial charge in [0.25, 0.3) is 0 Å². The van der Waals surface area contributed by atoms with Gasteiger partial charge in [-0.3, -0.25) is 0 Å². The summed E-state index contributed by atoms with van der Waals surface area (Å²) in [4.78, 5) is 0. The zero-order valence-corrected chi connectivity index (χ0v) is 8.82. The molecule has 1 unspecified atom stereocenters. The second kappa shape index (κ2) is 5.01. The van der Waals surface area contributed by atoms with Crippen molar-refractivity contribution in [3.05, 3.63) is 34.6 Å². The third-order valence-corrected chi connectivity index (χ3v) is 2.25. The number of hydrogen-bond donors (Lipinski definition) is 1. The maximum Gasteiger partial charge on any atom is 0.391 e. The van der Waals surface area contributed by atoms with Crippen molar-refractivity contribution in [1.82, 2.24) is 0 Å². The largest absolute Gasteiger partial charge is 0.392 e. The van der Waals surface area contributed by atoms with Gasteiger partial charge in [0, 0.05) is 6.42 Å². The zero-order valence-electron chi connectivity index (χ0n) is 8.06. The van der Waals surface area contributed by atoms with E-state index in [-0.39, 0.29) is 10.6 Å². The van der Waals surface area contributed by atoms with Crippen molar-refractivity contribution in [3.63, 3.8) is 0 Å². The van der Waals surface area contributed by atoms with Crippen molar-refractivity contribution in [2.75, 3.05) is 0 Å². The van der Waals surface area contributed by atoms with E-state index >= 15 is 0 Å². The second-order valence-electron chi connectivity index (χ2n) is 3.39. The van der Waals surface area contributed by atoms with Gasteiger partial charge in [0.1, 0.15) is 5.82 Å². The van der Waals surface area contributed by atoms with Crippen LogP contribution in [0.2, 0.25) is 5.02 Å². The van der Waals surface area contributed by atoms with Gasteiger partial charge in [-0.25, -0.2) is 4.39 Å². The minimum Gasteiger partial charge on any atom is -0.392 e. The molecule has 0 saturated carbocycles. The van der Waals surface area contributed by atoms with Crippen molar-refractivity contribution >= 4 is 11.6 Å². The van der Waals surface area contributed by atoms with E-state index in [9.17, 15) is 17.6 Å². The zero-order chi connectivity index (χ0) is 12.3. The standard InChI is InChI=1S/C10H9ClF4O/c11-8-3-1-2-6(9(8)12)4-7(16)5-10(13,14)15/h1-3,7,16H,4-5H2. The van der Waals surface area contributed by atoms with Crippen molar-refractivity contribution in [3.8, 4) is 0 Å². The van der Waals surface area contributed by atoms with Gasteiger partial charge in [0.2, 0.25) is 0 Å². The molecule has 0 spiro atoms. The second-order valence-corrected chi connectivity index (χ2v) is 3.80. The highest BCUT2D eigenvalue weighted by Crippen LogP contribution is 2.25. The molecule has 0 saturated heterocycles. The fraction of sp³-hybridized carbons (Fsp3) is 0.400. The molecule has 0 aliphatic heterocycles. The predicted molar refractivity (Wildman–Crippen MR) is 51.8 cm³/mol. The molecule has 0 heterocycles. The van der Waals surface area contributed by atoms with E-state index in [0.29, 0.717) is 0 Å². The Morgan fingerprint density at radius 1 is 1.31 bits per heavy atom. The maximum atomic E-state index is 13.3. The van der Waals surface area contributed by atoms with Gasteiger partial charge in [-0.15, -0.1) is 0 Å². The topological polar surface area (TPSA) is 20.2 Å². The van der Waals surface area contributed by atoms with Crippen LogP contribution >= 0.6 is 11.6 Å². The molecule has 0 aliphatic rings. The molecule has 0 bridgehead atoms. The fourth-order valence-corrected chi connectivity index (χ4v) is 1.49. The molecule has 16 heavy (non-hydrogen) atoms. The van der Waals surface area contributed by atoms with Gasteiger partial charge >= 0.3 is 6.18 Å². The van der Waals surface area contributed by atoms with Crippen molar-refractivity contribution < 1.29 is 22.7 Å². The summed E-state index contributed by atoms with van der Waals surface area (Å²) in [5, 5.41) is 8.95. The summed E-state index contributed by atoms with van der Waals surface area (Å²) in [5.74, 6) is -0.787. The van der Waals surface area contributed by atoms with Crippen LogP contribution < -0.4 is 0 Å². The summed E-state index contributed by atoms with van der Waals surface area (Å²) < 4.78 is 49.0. The van der Waals surface area contributed by atoms with E-state index < -0.39 is 30.9 Å². The Hall–Kier alpha value is -0.810. The van der Waals surface area contributed by atoms with Crippen molar-refractivity contribution in [2.45, 2.75) is 25.1 Å². The molecule has 1 nitrogen and oxygen atoms in total. The Bertz CT molecular complexity index is 364. The average Bonchev–Trinajstić information content (AvgIpc) is 2.09. The molecule has 1 rings (SSSR count). The lowest BCUT2D eigenvalue weighted by Crippen LogP contribution is -2.21. The highest BCUT2D eigenvalue weighted by molar-refractivity contribution is 6.30. The van der Waals surface area contributed by atoms with E-state index in [4.69, 9.17) is 16.7 Å². The van der Waals surface area contributed by atoms with Gasteiger partial charge in [0.15, 0.2) is 0 Å². The number of rotatable bonds is 3. The molecule has 0 aromatic heterocycles. The first-order valence-electron chi connectivity index (χ1n) is 4.47. The molecule has 1 N–H and O–H groups in total. The van der Waals surface area contributed by atoms with Crippen LogP contribution in [0.3, 0.4) is 0 Å². The van der Waals surface area contributed by atoms with Gasteiger partial charge in [-0.05, 0) is 11.6 Å². The predicted octanol–water partition coefficient (Wildman–Crippen LogP) is 3.33. The third kappa shape index (κ3) is 3.98. The average molecular weight is 257 g/mol. The van der Waals surface area contributed by atoms with Crippen LogP contribution in [-0.2, 0) is 6.42 Å². The van der Waals surface area contributed by atoms with Crippen molar-refractivity contribution in [2.24, 2.45) is 0 Å². The van der Waals surface area contributed by atoms with Gasteiger partial charge in [-0.1, -0.05) is 23.7 Å². The van der Waals surface area contributed by atoms with E-state index in [2.05, 4.69) is 0 Å². The first kappa shape index (κ1) is 13.3. The summed E-state index contributed by atoms with van der Waals surface area (Å²) in [7, 11) is 0. The summed E-state index contributed by atoms with van der Waals surface area (Å²) in [6.07, 6.45) is -7.90. The summed E-state index contributed by atoms with van der Waals surface area (Å²) >= 11 is 5.45. The quantitative estimate of drug-likeness (QED) is 0.823. The van der Waals surface area contributed by atoms with E-state index in [0.717, 1.165) is 0 Å². The van der Waals surface area contributed by atoms with Crippen LogP contribution in [0, 0.1) is 5.82 Å². The summed E-state index contributed by atoms with van der Waals surface area (Å²) in [6.45, 7) is 0. The molecule has 1 atom stereocenters. The van der Waals surface area contributed by atoms with E-state index in [1.54, 1.807) is 0 Å². The Kier molecular flexibility index (Phi) is 4.15. The number of aliphatic hydroxyl groups is 1. The fourth-order valence-electron chi connectivity index (χ4n) is 1.30. The highest BCUT2D eigenvalue weighted by atomic mass is 35.5. The third-order valence-electron chi connectivity index (χ3n) is 1.95. The number of hydrogen-bond acceptors (Lipinski definition) is 1. The molecule has 0 fully saturated rings. The minimum atomic E-state index is -4.46. The Morgan fingerprint density at radius 3 is 2.50 bits per heavy atom. The van der Waals surface area contributed by atoms with Crippen LogP contribution in [0.1, 0.15) is 12.0 Å². The Morgan fingerprint density at radius 2 is 1.94 bits per heavy atom. The number of aliphatic hydroxyl groups excluding tert-OH is 1. The van der Waals surface area contributed by atoms with Crippen LogP contribution in [-0.4, -0.2) is 17.4 Å². The lowest BCUT2D eigenvalue weighted by atomic mass is 10.1. The molecule has 1 aromatic carbocycles. The summed E-state index contributed by atoms with van der Waals surface area (Å²) in [5.41, 5.74) is -0.0238. The SMILES string of the molecule is OC(Cc1cccc(Cl)c1F)CC(F)(F)F. The lowest BCUT2D eigenvalue weighted by Gasteiger charge is -2.13. The number of benzene rings is 1. The molecule has 1 aromatic rings. The van der Waals surface area contributed by atoms with Gasteiger partial charge in [0.05, 0.1) is 17.5 Å². The maximum absolute atomic E-state index is 13.3. The minimum absolute atomic E-state index is 0.0238. The van der Waals surface area contributed by atoms with Crippen LogP contribution in [0.4, 0.5) is 17.6 Å². The van der Waals surface area contributed by atoms with Gasteiger partial charge in [-0.2, -0.15) is 13.2 Å². The van der Waals surface area contributed by atoms with Gasteiger partial charge < -0.3 is 5.11 Å². The van der Waals surface area contributed by atoms with Crippen LogP contribution in [0.5, 0.6) is 0 Å². The molecule has 90 valence electrons. The Balaban J connectivity index is 2.70. The molecule has 0 aliphatic carbocycles. The molecule has 6 heteroatoms. The monoisotopic (exact) mass is 256 g/mol. The molecular weight excluding hydrogens is 248 g/mol. The molecule has 0 amide bonds. The highest BCUT2D eigenvalue weighted by Gasteiger charge is 2.31. The van der Waals surface area contributed by atoms with Crippen molar-refractivity contribution in [1.29, 1.82) is 0 Å². The number of alkyl halides is 3. The summed E-state index contributed by atoms with van der Waals surface area (Å²) in [6, 6.07) is 4.00. The smallest absolute Gasteiger partial charge is 0.391 e. The van der Waals surface area contributed by atoms with E-state index in [1.807, 2.05) is 0 Å². The van der Waals surface area contributed by atoms with E-state index in [1.165, 1.54) is 18.2 Å². The number of halogens is 5. The first-order valence-corrected chi connectivity index (χ1v) is 4.85. The van der Waals surface area contributed by atoms with Crippen LogP contribution in [0.15, 0.2) is 18.2 Å². The molecule has 0 radical (unpaired) electrons. The molecular formula is C10H9ClF4O. The lowest BCUT2D eigenvalue weighted by molar-refractivity contribution is -0.153. The van der Waals surface area contributed by atoms with Crippen LogP contribution in [0.25, 0.3) is 0 Å². The normalized spacial score (nSPS) is 13.9. The Labute approximate surface area is 94.7 Å². The first-order chi connectivity index (χ1) is 7.29.